The second kappa shape index (κ2) is 8.07. The van der Waals surface area contributed by atoms with Gasteiger partial charge in [-0.3, -0.25) is 24.2 Å². The number of amides is 2. The standard InChI is InChI=1S/C18H24N6O2/c1-13-5-8-23(22-13)9-6-18(26)20-11-15-10-19-12-16(21-15)17-4-3-7-24(17)14(2)25/h5,8,10,12,17H,3-4,6-7,9,11H2,1-2H3,(H,20,26). The summed E-state index contributed by atoms with van der Waals surface area (Å²) >= 11 is 0. The predicted octanol–water partition coefficient (Wildman–Crippen LogP) is 1.37. The van der Waals surface area contributed by atoms with E-state index in [-0.39, 0.29) is 17.9 Å². The van der Waals surface area contributed by atoms with E-state index in [0.29, 0.717) is 25.2 Å². The van der Waals surface area contributed by atoms with Crippen molar-refractivity contribution in [2.24, 2.45) is 0 Å². The average molecular weight is 356 g/mol. The first-order chi connectivity index (χ1) is 12.5. The van der Waals surface area contributed by atoms with Crippen molar-refractivity contribution in [3.63, 3.8) is 0 Å². The number of rotatable bonds is 6. The SMILES string of the molecule is CC(=O)N1CCCC1c1cncc(CNC(=O)CCn2ccc(C)n2)n1. The summed E-state index contributed by atoms with van der Waals surface area (Å²) < 4.78 is 1.76. The van der Waals surface area contributed by atoms with Crippen LogP contribution in [0.25, 0.3) is 0 Å². The third-order valence-electron chi connectivity index (χ3n) is 4.51. The number of carbonyl (C=O) groups is 2. The minimum atomic E-state index is -0.0587. The highest BCUT2D eigenvalue weighted by atomic mass is 16.2. The predicted molar refractivity (Wildman–Crippen MR) is 94.8 cm³/mol. The average Bonchev–Trinajstić information content (AvgIpc) is 3.27. The maximum atomic E-state index is 12.0. The molecule has 3 rings (SSSR count). The molecule has 0 aromatic carbocycles. The van der Waals surface area contributed by atoms with E-state index in [0.717, 1.165) is 30.8 Å². The highest BCUT2D eigenvalue weighted by Crippen LogP contribution is 2.30. The molecule has 0 radical (unpaired) electrons. The van der Waals surface area contributed by atoms with E-state index in [1.54, 1.807) is 24.0 Å². The van der Waals surface area contributed by atoms with E-state index in [2.05, 4.69) is 20.4 Å². The van der Waals surface area contributed by atoms with E-state index in [9.17, 15) is 9.59 Å². The molecule has 2 amide bonds. The van der Waals surface area contributed by atoms with E-state index >= 15 is 0 Å². The van der Waals surface area contributed by atoms with Gasteiger partial charge in [0.25, 0.3) is 0 Å². The highest BCUT2D eigenvalue weighted by Gasteiger charge is 2.29. The van der Waals surface area contributed by atoms with Gasteiger partial charge in [-0.2, -0.15) is 5.10 Å². The summed E-state index contributed by atoms with van der Waals surface area (Å²) in [6.07, 6.45) is 7.44. The molecule has 1 saturated heterocycles. The molecule has 8 heteroatoms. The summed E-state index contributed by atoms with van der Waals surface area (Å²) in [7, 11) is 0. The van der Waals surface area contributed by atoms with Crippen molar-refractivity contribution < 1.29 is 9.59 Å². The number of likely N-dealkylation sites (tertiary alicyclic amines) is 1. The van der Waals surface area contributed by atoms with Gasteiger partial charge in [0.05, 0.1) is 42.1 Å². The van der Waals surface area contributed by atoms with Gasteiger partial charge in [-0.15, -0.1) is 0 Å². The maximum absolute atomic E-state index is 12.0. The molecule has 0 saturated carbocycles. The monoisotopic (exact) mass is 356 g/mol. The number of nitrogens with one attached hydrogen (secondary N) is 1. The summed E-state index contributed by atoms with van der Waals surface area (Å²) in [6.45, 7) is 5.12. The molecule has 0 bridgehead atoms. The topological polar surface area (TPSA) is 93.0 Å². The van der Waals surface area contributed by atoms with Crippen LogP contribution < -0.4 is 5.32 Å². The van der Waals surface area contributed by atoms with Crippen molar-refractivity contribution in [3.05, 3.63) is 41.7 Å². The van der Waals surface area contributed by atoms with Crippen LogP contribution >= 0.6 is 0 Å². The molecule has 1 N–H and O–H groups in total. The lowest BCUT2D eigenvalue weighted by Crippen LogP contribution is -2.29. The fourth-order valence-corrected chi connectivity index (χ4v) is 3.20. The molecule has 8 nitrogen and oxygen atoms in total. The Hall–Kier alpha value is -2.77. The lowest BCUT2D eigenvalue weighted by molar-refractivity contribution is -0.129. The van der Waals surface area contributed by atoms with Crippen molar-refractivity contribution in [1.82, 2.24) is 30.0 Å². The summed E-state index contributed by atoms with van der Waals surface area (Å²) in [5.74, 6) is -0.00144. The molecule has 2 aromatic heterocycles. The highest BCUT2D eigenvalue weighted by molar-refractivity contribution is 5.75. The molecule has 1 aliphatic heterocycles. The van der Waals surface area contributed by atoms with Crippen LogP contribution in [0.3, 0.4) is 0 Å². The second-order valence-electron chi connectivity index (χ2n) is 6.55. The number of aromatic nitrogens is 4. The molecule has 2 aromatic rings. The Morgan fingerprint density at radius 3 is 2.92 bits per heavy atom. The quantitative estimate of drug-likeness (QED) is 0.844. The maximum Gasteiger partial charge on any atom is 0.222 e. The van der Waals surface area contributed by atoms with Crippen LogP contribution in [0.2, 0.25) is 0 Å². The van der Waals surface area contributed by atoms with Gasteiger partial charge in [-0.05, 0) is 25.8 Å². The van der Waals surface area contributed by atoms with Crippen molar-refractivity contribution in [1.29, 1.82) is 0 Å². The molecular formula is C18H24N6O2. The first-order valence-corrected chi connectivity index (χ1v) is 8.87. The Morgan fingerprint density at radius 1 is 1.35 bits per heavy atom. The fourth-order valence-electron chi connectivity index (χ4n) is 3.20. The summed E-state index contributed by atoms with van der Waals surface area (Å²) in [5.41, 5.74) is 2.42. The minimum Gasteiger partial charge on any atom is -0.350 e. The number of hydrogen-bond donors (Lipinski definition) is 1. The molecule has 1 unspecified atom stereocenters. The van der Waals surface area contributed by atoms with Crippen LogP contribution in [0.5, 0.6) is 0 Å². The minimum absolute atomic E-state index is 0.0151. The molecule has 1 atom stereocenters. The Labute approximate surface area is 152 Å². The van der Waals surface area contributed by atoms with Crippen LogP contribution in [0.4, 0.5) is 0 Å². The van der Waals surface area contributed by atoms with Crippen LogP contribution in [0, 0.1) is 6.92 Å². The zero-order chi connectivity index (χ0) is 18.5. The first kappa shape index (κ1) is 18.0. The van der Waals surface area contributed by atoms with Crippen molar-refractivity contribution in [2.45, 2.75) is 52.2 Å². The van der Waals surface area contributed by atoms with E-state index in [1.807, 2.05) is 24.1 Å². The third-order valence-corrected chi connectivity index (χ3v) is 4.51. The van der Waals surface area contributed by atoms with E-state index in [1.165, 1.54) is 0 Å². The first-order valence-electron chi connectivity index (χ1n) is 8.87. The van der Waals surface area contributed by atoms with E-state index < -0.39 is 0 Å². The molecular weight excluding hydrogens is 332 g/mol. The molecule has 1 fully saturated rings. The van der Waals surface area contributed by atoms with Crippen LogP contribution in [0.15, 0.2) is 24.7 Å². The second-order valence-corrected chi connectivity index (χ2v) is 6.55. The molecule has 138 valence electrons. The molecule has 0 aliphatic carbocycles. The Kier molecular flexibility index (Phi) is 5.60. The van der Waals surface area contributed by atoms with Crippen molar-refractivity contribution in [3.8, 4) is 0 Å². The Balaban J connectivity index is 1.53. The zero-order valence-corrected chi connectivity index (χ0v) is 15.2. The molecule has 3 heterocycles. The lowest BCUT2D eigenvalue weighted by atomic mass is 10.1. The van der Waals surface area contributed by atoms with E-state index in [4.69, 9.17) is 0 Å². The number of hydrogen-bond acceptors (Lipinski definition) is 5. The largest absolute Gasteiger partial charge is 0.350 e. The Morgan fingerprint density at radius 2 is 2.19 bits per heavy atom. The third kappa shape index (κ3) is 4.44. The van der Waals surface area contributed by atoms with Gasteiger partial charge in [0.2, 0.25) is 11.8 Å². The van der Waals surface area contributed by atoms with Crippen LogP contribution in [0.1, 0.15) is 49.3 Å². The lowest BCUT2D eigenvalue weighted by Gasteiger charge is -2.22. The number of aryl methyl sites for hydroxylation is 2. The summed E-state index contributed by atoms with van der Waals surface area (Å²) in [6, 6.07) is 1.89. The normalized spacial score (nSPS) is 16.7. The Bertz CT molecular complexity index is 787. The molecule has 0 spiro atoms. The van der Waals surface area contributed by atoms with Crippen molar-refractivity contribution in [2.75, 3.05) is 6.54 Å². The number of nitrogens with zero attached hydrogens (tertiary/aromatic N) is 5. The number of carbonyl (C=O) groups excluding carboxylic acids is 2. The van der Waals surface area contributed by atoms with Gasteiger partial charge in [0, 0.05) is 32.6 Å². The summed E-state index contributed by atoms with van der Waals surface area (Å²) in [4.78, 5) is 34.4. The zero-order valence-electron chi connectivity index (χ0n) is 15.2. The molecule has 1 aliphatic rings. The fraction of sp³-hybridized carbons (Fsp3) is 0.500. The van der Waals surface area contributed by atoms with Gasteiger partial charge in [0.15, 0.2) is 0 Å². The molecule has 26 heavy (non-hydrogen) atoms. The van der Waals surface area contributed by atoms with Gasteiger partial charge >= 0.3 is 0 Å². The summed E-state index contributed by atoms with van der Waals surface area (Å²) in [5, 5.41) is 7.12. The van der Waals surface area contributed by atoms with Crippen molar-refractivity contribution >= 4 is 11.8 Å². The van der Waals surface area contributed by atoms with Crippen LogP contribution in [-0.2, 0) is 22.7 Å². The smallest absolute Gasteiger partial charge is 0.222 e. The van der Waals surface area contributed by atoms with Gasteiger partial charge in [-0.25, -0.2) is 0 Å². The van der Waals surface area contributed by atoms with Gasteiger partial charge in [0.1, 0.15) is 0 Å². The van der Waals surface area contributed by atoms with Gasteiger partial charge < -0.3 is 10.2 Å². The van der Waals surface area contributed by atoms with Gasteiger partial charge in [-0.1, -0.05) is 0 Å². The van der Waals surface area contributed by atoms with Crippen LogP contribution in [-0.4, -0.2) is 43.0 Å².